The third-order valence-corrected chi connectivity index (χ3v) is 10.8. The lowest BCUT2D eigenvalue weighted by molar-refractivity contribution is -0.386. The highest BCUT2D eigenvalue weighted by Crippen LogP contribution is 2.36. The lowest BCUT2D eigenvalue weighted by Gasteiger charge is -2.12. The van der Waals surface area contributed by atoms with Crippen molar-refractivity contribution in [1.82, 2.24) is 4.98 Å². The molecule has 5 N–H and O–H groups in total. The van der Waals surface area contributed by atoms with E-state index in [1.165, 1.54) is 18.7 Å². The van der Waals surface area contributed by atoms with Crippen molar-refractivity contribution in [2.24, 2.45) is 0 Å². The Morgan fingerprint density at radius 2 is 1.15 bits per heavy atom. The van der Waals surface area contributed by atoms with E-state index in [0.29, 0.717) is 18.8 Å². The van der Waals surface area contributed by atoms with Gasteiger partial charge in [-0.2, -0.15) is 0 Å². The number of halogens is 2. The van der Waals surface area contributed by atoms with Crippen LogP contribution in [0.15, 0.2) is 153 Å². The Hall–Kier alpha value is -7.24. The van der Waals surface area contributed by atoms with Crippen LogP contribution in [0.5, 0.6) is 11.5 Å². The SMILES string of the molecule is CC(=O)Nc1ccc(Sc2ccccc2CNc2cc(F)c(O)c([N+](=O)[O-])c2)cc1.O=[N+]([O-])c1cc(NCc2ccccc2Sc2ccc3cccnc3c2)cc(F)c1O. The van der Waals surface area contributed by atoms with Crippen molar-refractivity contribution in [3.8, 4) is 11.5 Å². The standard InChI is InChI=1S/C22H16FN3O3S.C21H18FN3O4S/c23-18-10-16(11-20(22(18)27)26(28)29)25-13-15-4-1-2-6-21(15)30-17-8-7-14-5-3-9-24-19(14)12-17;1-13(26)24-15-6-8-17(9-7-15)30-20-5-3-2-4-14(20)12-23-16-10-18(22)21(27)19(11-16)25(28)29/h1-12,25,27H,13H2;2-11,23,27H,12H2,1H3,(H,24,26). The number of hydrogen-bond acceptors (Lipinski definition) is 12. The molecule has 0 bridgehead atoms. The molecule has 1 amide bonds. The molecule has 0 aliphatic heterocycles. The van der Waals surface area contributed by atoms with Gasteiger partial charge in [0.25, 0.3) is 0 Å². The molecule has 0 spiro atoms. The van der Waals surface area contributed by atoms with E-state index in [-0.39, 0.29) is 17.3 Å². The number of aromatic hydroxyl groups is 2. The number of nitrogens with one attached hydrogen (secondary N) is 3. The van der Waals surface area contributed by atoms with E-state index in [9.17, 15) is 44.0 Å². The van der Waals surface area contributed by atoms with Crippen LogP contribution in [0, 0.1) is 31.9 Å². The molecule has 0 fully saturated rings. The average Bonchev–Trinajstić information content (AvgIpc) is 3.23. The molecule has 13 nitrogen and oxygen atoms in total. The molecule has 0 unspecified atom stereocenters. The first kappa shape index (κ1) is 42.4. The van der Waals surface area contributed by atoms with Crippen LogP contribution < -0.4 is 16.0 Å². The van der Waals surface area contributed by atoms with Crippen molar-refractivity contribution in [3.63, 3.8) is 0 Å². The van der Waals surface area contributed by atoms with Gasteiger partial charge in [0.05, 0.1) is 15.4 Å². The fourth-order valence-electron chi connectivity index (χ4n) is 5.72. The summed E-state index contributed by atoms with van der Waals surface area (Å²) in [5.41, 5.74) is 2.50. The number of hydrogen-bond donors (Lipinski definition) is 5. The molecule has 0 atom stereocenters. The predicted octanol–water partition coefficient (Wildman–Crippen LogP) is 10.9. The summed E-state index contributed by atoms with van der Waals surface area (Å²) in [7, 11) is 0. The van der Waals surface area contributed by atoms with E-state index in [1.807, 2.05) is 103 Å². The number of aromatic nitrogens is 1. The molecule has 0 aliphatic carbocycles. The van der Waals surface area contributed by atoms with Crippen molar-refractivity contribution in [2.75, 3.05) is 16.0 Å². The lowest BCUT2D eigenvalue weighted by atomic mass is 10.2. The van der Waals surface area contributed by atoms with Gasteiger partial charge in [0, 0.05) is 92.5 Å². The summed E-state index contributed by atoms with van der Waals surface area (Å²) >= 11 is 3.09. The highest BCUT2D eigenvalue weighted by molar-refractivity contribution is 7.99. The van der Waals surface area contributed by atoms with Gasteiger partial charge >= 0.3 is 11.4 Å². The summed E-state index contributed by atoms with van der Waals surface area (Å²) in [5, 5.41) is 50.7. The van der Waals surface area contributed by atoms with E-state index < -0.39 is 44.4 Å². The number of carbonyl (C=O) groups excluding carboxylic acids is 1. The minimum atomic E-state index is -1.06. The van der Waals surface area contributed by atoms with Gasteiger partial charge in [0.2, 0.25) is 17.4 Å². The highest BCUT2D eigenvalue weighted by atomic mass is 32.2. The third kappa shape index (κ3) is 11.0. The van der Waals surface area contributed by atoms with Crippen LogP contribution in [0.4, 0.5) is 37.2 Å². The quantitative estimate of drug-likeness (QED) is 0.0419. The van der Waals surface area contributed by atoms with E-state index in [4.69, 9.17) is 0 Å². The van der Waals surface area contributed by atoms with Crippen LogP contribution >= 0.6 is 23.5 Å². The van der Waals surface area contributed by atoms with Gasteiger partial charge in [0.15, 0.2) is 11.6 Å². The summed E-state index contributed by atoms with van der Waals surface area (Å²) in [4.78, 5) is 39.7. The molecule has 7 aromatic rings. The van der Waals surface area contributed by atoms with Crippen LogP contribution in [0.2, 0.25) is 0 Å². The van der Waals surface area contributed by atoms with E-state index in [2.05, 4.69) is 20.9 Å². The molecule has 0 aliphatic rings. The van der Waals surface area contributed by atoms with E-state index >= 15 is 0 Å². The van der Waals surface area contributed by atoms with Crippen molar-refractivity contribution in [2.45, 2.75) is 39.6 Å². The van der Waals surface area contributed by atoms with Crippen LogP contribution in [0.25, 0.3) is 10.9 Å². The number of nitro groups is 2. The fourth-order valence-corrected chi connectivity index (χ4v) is 7.64. The first-order chi connectivity index (χ1) is 28.8. The first-order valence-corrected chi connectivity index (χ1v) is 19.5. The number of phenols is 2. The summed E-state index contributed by atoms with van der Waals surface area (Å²) < 4.78 is 27.6. The summed E-state index contributed by atoms with van der Waals surface area (Å²) in [6, 6.07) is 36.9. The number of nitrogens with zero attached hydrogens (tertiary/aromatic N) is 3. The number of fused-ring (bicyclic) bond motifs is 1. The van der Waals surface area contributed by atoms with Crippen molar-refractivity contribution in [1.29, 1.82) is 0 Å². The largest absolute Gasteiger partial charge is 0.500 e. The van der Waals surface area contributed by atoms with Gasteiger partial charge in [-0.1, -0.05) is 72.1 Å². The number of pyridine rings is 1. The maximum Gasteiger partial charge on any atom is 0.315 e. The number of phenolic OH excluding ortho intramolecular Hbond substituents is 2. The summed E-state index contributed by atoms with van der Waals surface area (Å²) in [6.07, 6.45) is 1.75. The van der Waals surface area contributed by atoms with Crippen molar-refractivity contribution >= 4 is 68.8 Å². The number of nitro benzene ring substituents is 2. The smallest absolute Gasteiger partial charge is 0.315 e. The van der Waals surface area contributed by atoms with E-state index in [1.54, 1.807) is 18.0 Å². The zero-order valence-corrected chi connectivity index (χ0v) is 33.1. The second-order valence-electron chi connectivity index (χ2n) is 12.9. The molecule has 7 rings (SSSR count). The van der Waals surface area contributed by atoms with Crippen LogP contribution in [0.3, 0.4) is 0 Å². The number of rotatable bonds is 13. The van der Waals surface area contributed by atoms with Gasteiger partial charge in [0.1, 0.15) is 0 Å². The second-order valence-corrected chi connectivity index (χ2v) is 15.1. The molecular formula is C43H34F2N6O7S2. The average molecular weight is 849 g/mol. The zero-order valence-electron chi connectivity index (χ0n) is 31.5. The maximum absolute atomic E-state index is 13.8. The molecule has 304 valence electrons. The Balaban J connectivity index is 0.000000201. The molecular weight excluding hydrogens is 815 g/mol. The van der Waals surface area contributed by atoms with Crippen molar-refractivity contribution in [3.05, 3.63) is 177 Å². The van der Waals surface area contributed by atoms with Gasteiger partial charge in [-0.25, -0.2) is 8.78 Å². The Morgan fingerprint density at radius 1 is 0.650 bits per heavy atom. The number of benzene rings is 6. The second kappa shape index (κ2) is 19.5. The monoisotopic (exact) mass is 848 g/mol. The molecule has 1 aromatic heterocycles. The molecule has 0 saturated carbocycles. The van der Waals surface area contributed by atoms with E-state index in [0.717, 1.165) is 65.9 Å². The van der Waals surface area contributed by atoms with Crippen LogP contribution in [-0.2, 0) is 17.9 Å². The topological polar surface area (TPSA) is 193 Å². The van der Waals surface area contributed by atoms with Gasteiger partial charge in [-0.3, -0.25) is 30.0 Å². The number of anilines is 3. The number of amides is 1. The van der Waals surface area contributed by atoms with Gasteiger partial charge in [-0.05, 0) is 65.7 Å². The Bertz CT molecular complexity index is 2710. The maximum atomic E-state index is 13.8. The lowest BCUT2D eigenvalue weighted by Crippen LogP contribution is -2.05. The summed E-state index contributed by atoms with van der Waals surface area (Å²) in [5.74, 6) is -4.19. The predicted molar refractivity (Wildman–Crippen MR) is 228 cm³/mol. The molecule has 6 aromatic carbocycles. The molecule has 0 radical (unpaired) electrons. The minimum Gasteiger partial charge on any atom is -0.500 e. The fraction of sp³-hybridized carbons (Fsp3) is 0.0698. The third-order valence-electron chi connectivity index (χ3n) is 8.60. The van der Waals surface area contributed by atoms with Gasteiger partial charge in [-0.15, -0.1) is 0 Å². The first-order valence-electron chi connectivity index (χ1n) is 17.9. The Kier molecular flexibility index (Phi) is 13.7. The van der Waals surface area contributed by atoms with Crippen molar-refractivity contribution < 1.29 is 33.6 Å². The molecule has 0 saturated heterocycles. The molecule has 17 heteroatoms. The summed E-state index contributed by atoms with van der Waals surface area (Å²) in [6.45, 7) is 2.07. The Labute approximate surface area is 349 Å². The zero-order chi connectivity index (χ0) is 42.8. The van der Waals surface area contributed by atoms with Crippen LogP contribution in [0.1, 0.15) is 18.1 Å². The Morgan fingerprint density at radius 3 is 1.67 bits per heavy atom. The normalized spacial score (nSPS) is 10.7. The number of carbonyl (C=O) groups is 1. The molecule has 1 heterocycles. The van der Waals surface area contributed by atoms with Gasteiger partial charge < -0.3 is 26.2 Å². The highest BCUT2D eigenvalue weighted by Gasteiger charge is 2.21. The molecule has 60 heavy (non-hydrogen) atoms. The van der Waals surface area contributed by atoms with Crippen LogP contribution in [-0.4, -0.2) is 31.0 Å². The minimum absolute atomic E-state index is 0.141.